The molecule has 1 aliphatic carbocycles. The minimum absolute atomic E-state index is 0. The molecule has 126 valence electrons. The number of likely N-dealkylation sites (N-methyl/N-ethyl adjacent to an activating group) is 1. The highest BCUT2D eigenvalue weighted by atomic mass is 127. The summed E-state index contributed by atoms with van der Waals surface area (Å²) >= 11 is 0. The van der Waals surface area contributed by atoms with Crippen LogP contribution >= 0.6 is 24.0 Å². The van der Waals surface area contributed by atoms with E-state index in [4.69, 9.17) is 0 Å². The Morgan fingerprint density at radius 3 is 2.67 bits per heavy atom. The zero-order chi connectivity index (χ0) is 14.8. The summed E-state index contributed by atoms with van der Waals surface area (Å²) in [5.74, 6) is 1.81. The van der Waals surface area contributed by atoms with Crippen LogP contribution in [0, 0.1) is 5.92 Å². The Labute approximate surface area is 148 Å². The van der Waals surface area contributed by atoms with E-state index in [2.05, 4.69) is 41.4 Å². The molecule has 0 aromatic rings. The largest absolute Gasteiger partial charge is 0.355 e. The molecule has 1 fully saturated rings. The van der Waals surface area contributed by atoms with Gasteiger partial charge in [0.25, 0.3) is 0 Å². The van der Waals surface area contributed by atoms with Gasteiger partial charge in [0.15, 0.2) is 5.96 Å². The van der Waals surface area contributed by atoms with Gasteiger partial charge in [-0.3, -0.25) is 4.99 Å². The van der Waals surface area contributed by atoms with Crippen molar-refractivity contribution in [3.63, 3.8) is 0 Å². The molecule has 0 bridgehead atoms. The van der Waals surface area contributed by atoms with Crippen LogP contribution in [0.5, 0.6) is 0 Å². The lowest BCUT2D eigenvalue weighted by molar-refractivity contribution is 0.320. The molecule has 2 atom stereocenters. The summed E-state index contributed by atoms with van der Waals surface area (Å²) in [5.41, 5.74) is 0. The third kappa shape index (κ3) is 9.55. The molecule has 1 aliphatic rings. The second-order valence-electron chi connectivity index (χ2n) is 6.27. The van der Waals surface area contributed by atoms with Crippen molar-refractivity contribution in [3.8, 4) is 0 Å². The Morgan fingerprint density at radius 2 is 2.05 bits per heavy atom. The third-order valence-electron chi connectivity index (χ3n) is 4.18. The van der Waals surface area contributed by atoms with Crippen LogP contribution in [0.4, 0.5) is 0 Å². The molecule has 0 aromatic carbocycles. The molecule has 0 amide bonds. The van der Waals surface area contributed by atoms with E-state index in [-0.39, 0.29) is 24.0 Å². The molecule has 2 unspecified atom stereocenters. The maximum absolute atomic E-state index is 4.34. The SMILES string of the molecule is CCCCN(C)CCNC(=NC)NC1CCCC(C)C1.I. The molecular formula is C16H35IN4. The van der Waals surface area contributed by atoms with E-state index in [0.717, 1.165) is 25.0 Å². The number of halogens is 1. The Hall–Kier alpha value is -0.0400. The van der Waals surface area contributed by atoms with Crippen molar-refractivity contribution in [2.75, 3.05) is 33.7 Å². The highest BCUT2D eigenvalue weighted by molar-refractivity contribution is 14.0. The maximum Gasteiger partial charge on any atom is 0.191 e. The van der Waals surface area contributed by atoms with Crippen molar-refractivity contribution in [1.29, 1.82) is 0 Å². The van der Waals surface area contributed by atoms with Gasteiger partial charge in [0.05, 0.1) is 0 Å². The number of hydrogen-bond donors (Lipinski definition) is 2. The van der Waals surface area contributed by atoms with Gasteiger partial charge in [-0.15, -0.1) is 24.0 Å². The lowest BCUT2D eigenvalue weighted by Crippen LogP contribution is -2.46. The van der Waals surface area contributed by atoms with Gasteiger partial charge >= 0.3 is 0 Å². The van der Waals surface area contributed by atoms with Crippen LogP contribution in [0.3, 0.4) is 0 Å². The first-order chi connectivity index (χ1) is 9.65. The number of aliphatic imine (C=N–C) groups is 1. The van der Waals surface area contributed by atoms with E-state index in [1.165, 1.54) is 45.1 Å². The van der Waals surface area contributed by atoms with Crippen LogP contribution in [0.15, 0.2) is 4.99 Å². The van der Waals surface area contributed by atoms with E-state index in [1.54, 1.807) is 0 Å². The second kappa shape index (κ2) is 12.5. The summed E-state index contributed by atoms with van der Waals surface area (Å²) in [7, 11) is 4.05. The minimum atomic E-state index is 0. The molecule has 2 N–H and O–H groups in total. The Bertz CT molecular complexity index is 283. The van der Waals surface area contributed by atoms with Crippen molar-refractivity contribution >= 4 is 29.9 Å². The molecule has 0 spiro atoms. The quantitative estimate of drug-likeness (QED) is 0.385. The van der Waals surface area contributed by atoms with Gasteiger partial charge in [-0.25, -0.2) is 0 Å². The summed E-state index contributed by atoms with van der Waals surface area (Å²) in [6.45, 7) is 7.81. The average Bonchev–Trinajstić information content (AvgIpc) is 2.44. The second-order valence-corrected chi connectivity index (χ2v) is 6.27. The molecular weight excluding hydrogens is 375 g/mol. The zero-order valence-corrected chi connectivity index (χ0v) is 16.7. The molecule has 1 rings (SSSR count). The number of unbranched alkanes of at least 4 members (excludes halogenated alkanes) is 1. The first-order valence-corrected chi connectivity index (χ1v) is 8.31. The Kier molecular flexibility index (Phi) is 12.5. The minimum Gasteiger partial charge on any atom is -0.355 e. The van der Waals surface area contributed by atoms with Crippen LogP contribution in [0.1, 0.15) is 52.4 Å². The van der Waals surface area contributed by atoms with Crippen LogP contribution in [-0.4, -0.2) is 50.6 Å². The molecule has 0 aromatic heterocycles. The summed E-state index contributed by atoms with van der Waals surface area (Å²) in [6, 6.07) is 0.600. The van der Waals surface area contributed by atoms with E-state index >= 15 is 0 Å². The fourth-order valence-corrected chi connectivity index (χ4v) is 2.86. The third-order valence-corrected chi connectivity index (χ3v) is 4.18. The van der Waals surface area contributed by atoms with Crippen molar-refractivity contribution < 1.29 is 0 Å². The van der Waals surface area contributed by atoms with Gasteiger partial charge in [-0.1, -0.05) is 33.1 Å². The standard InChI is InChI=1S/C16H34N4.HI/c1-5-6-11-20(4)12-10-18-16(17-3)19-15-9-7-8-14(2)13-15;/h14-15H,5-13H2,1-4H3,(H2,17,18,19);1H. The fourth-order valence-electron chi connectivity index (χ4n) is 2.86. The Balaban J connectivity index is 0.00000400. The van der Waals surface area contributed by atoms with Gasteiger partial charge < -0.3 is 15.5 Å². The number of nitrogens with one attached hydrogen (secondary N) is 2. The molecule has 1 saturated carbocycles. The fraction of sp³-hybridized carbons (Fsp3) is 0.938. The summed E-state index contributed by atoms with van der Waals surface area (Å²) < 4.78 is 0. The predicted octanol–water partition coefficient (Wildman–Crippen LogP) is 3.08. The summed E-state index contributed by atoms with van der Waals surface area (Å²) in [6.07, 6.45) is 7.82. The van der Waals surface area contributed by atoms with Gasteiger partial charge in [-0.2, -0.15) is 0 Å². The van der Waals surface area contributed by atoms with Crippen molar-refractivity contribution in [2.45, 2.75) is 58.4 Å². The van der Waals surface area contributed by atoms with Crippen molar-refractivity contribution in [1.82, 2.24) is 15.5 Å². The molecule has 4 nitrogen and oxygen atoms in total. The number of rotatable bonds is 7. The normalized spacial score (nSPS) is 22.8. The first kappa shape index (κ1) is 21.0. The highest BCUT2D eigenvalue weighted by Gasteiger charge is 2.19. The monoisotopic (exact) mass is 410 g/mol. The molecule has 0 saturated heterocycles. The van der Waals surface area contributed by atoms with Crippen LogP contribution in [0.2, 0.25) is 0 Å². The smallest absolute Gasteiger partial charge is 0.191 e. The van der Waals surface area contributed by atoms with E-state index in [0.29, 0.717) is 6.04 Å². The van der Waals surface area contributed by atoms with Gasteiger partial charge in [0.1, 0.15) is 0 Å². The lowest BCUT2D eigenvalue weighted by atomic mass is 9.87. The number of nitrogens with zero attached hydrogens (tertiary/aromatic N) is 2. The van der Waals surface area contributed by atoms with Crippen LogP contribution in [-0.2, 0) is 0 Å². The van der Waals surface area contributed by atoms with Crippen LogP contribution < -0.4 is 10.6 Å². The molecule has 21 heavy (non-hydrogen) atoms. The molecule has 0 aliphatic heterocycles. The molecule has 0 heterocycles. The lowest BCUT2D eigenvalue weighted by Gasteiger charge is -2.29. The van der Waals surface area contributed by atoms with Crippen molar-refractivity contribution in [3.05, 3.63) is 0 Å². The van der Waals surface area contributed by atoms with Crippen LogP contribution in [0.25, 0.3) is 0 Å². The predicted molar refractivity (Wildman–Crippen MR) is 104 cm³/mol. The maximum atomic E-state index is 4.34. The average molecular weight is 410 g/mol. The zero-order valence-electron chi connectivity index (χ0n) is 14.3. The van der Waals surface area contributed by atoms with E-state index in [9.17, 15) is 0 Å². The van der Waals surface area contributed by atoms with Gasteiger partial charge in [-0.05, 0) is 38.8 Å². The topological polar surface area (TPSA) is 39.7 Å². The molecule has 0 radical (unpaired) electrons. The van der Waals surface area contributed by atoms with Gasteiger partial charge in [0, 0.05) is 26.2 Å². The number of hydrogen-bond acceptors (Lipinski definition) is 2. The highest BCUT2D eigenvalue weighted by Crippen LogP contribution is 2.23. The first-order valence-electron chi connectivity index (χ1n) is 8.31. The summed E-state index contributed by atoms with van der Waals surface area (Å²) in [4.78, 5) is 6.72. The Morgan fingerprint density at radius 1 is 1.29 bits per heavy atom. The summed E-state index contributed by atoms with van der Waals surface area (Å²) in [5, 5.41) is 7.01. The van der Waals surface area contributed by atoms with Crippen molar-refractivity contribution in [2.24, 2.45) is 10.9 Å². The van der Waals surface area contributed by atoms with E-state index in [1.807, 2.05) is 7.05 Å². The van der Waals surface area contributed by atoms with Gasteiger partial charge in [0.2, 0.25) is 0 Å². The molecule has 5 heteroatoms. The van der Waals surface area contributed by atoms with E-state index < -0.39 is 0 Å². The number of guanidine groups is 1.